The van der Waals surface area contributed by atoms with Crippen LogP contribution in [-0.4, -0.2) is 27.4 Å². The van der Waals surface area contributed by atoms with Crippen LogP contribution >= 0.6 is 23.1 Å². The van der Waals surface area contributed by atoms with Crippen molar-refractivity contribution in [3.8, 4) is 0 Å². The Hall–Kier alpha value is -1.12. The van der Waals surface area contributed by atoms with Gasteiger partial charge in [0.25, 0.3) is 5.69 Å². The Morgan fingerprint density at radius 1 is 1.60 bits per heavy atom. The van der Waals surface area contributed by atoms with E-state index in [0.29, 0.717) is 9.09 Å². The van der Waals surface area contributed by atoms with E-state index in [4.69, 9.17) is 4.74 Å². The Labute approximate surface area is 125 Å². The Balaban J connectivity index is 2.77. The quantitative estimate of drug-likeness (QED) is 0.388. The van der Waals surface area contributed by atoms with E-state index in [2.05, 4.69) is 0 Å². The van der Waals surface area contributed by atoms with Crippen LogP contribution in [0.5, 0.6) is 0 Å². The number of rotatable bonds is 5. The number of thiophene rings is 1. The van der Waals surface area contributed by atoms with Crippen molar-refractivity contribution in [1.29, 1.82) is 0 Å². The van der Waals surface area contributed by atoms with Crippen LogP contribution < -0.4 is 0 Å². The summed E-state index contributed by atoms with van der Waals surface area (Å²) in [5.74, 6) is -0.429. The summed E-state index contributed by atoms with van der Waals surface area (Å²) < 4.78 is 5.54. The normalized spacial score (nSPS) is 13.1. The van der Waals surface area contributed by atoms with Gasteiger partial charge in [-0.2, -0.15) is 0 Å². The summed E-state index contributed by atoms with van der Waals surface area (Å²) in [6, 6.07) is 1.34. The molecule has 0 amide bonds. The monoisotopic (exact) mass is 319 g/mol. The first kappa shape index (κ1) is 16.9. The SMILES string of the molecule is C[C@@H](O)c1cc([N+](=O)[O-])c(SCC(=O)OC(C)(C)C)s1. The van der Waals surface area contributed by atoms with Crippen molar-refractivity contribution in [2.45, 2.75) is 43.6 Å². The number of esters is 1. The first-order chi connectivity index (χ1) is 9.10. The number of carbonyl (C=O) groups is 1. The molecule has 0 aromatic carbocycles. The second-order valence-electron chi connectivity index (χ2n) is 5.13. The lowest BCUT2D eigenvalue weighted by molar-refractivity contribution is -0.387. The van der Waals surface area contributed by atoms with Gasteiger partial charge in [-0.05, 0) is 27.7 Å². The first-order valence-electron chi connectivity index (χ1n) is 5.91. The topological polar surface area (TPSA) is 89.7 Å². The van der Waals surface area contributed by atoms with Crippen molar-refractivity contribution < 1.29 is 19.6 Å². The Morgan fingerprint density at radius 3 is 2.65 bits per heavy atom. The molecule has 1 heterocycles. The summed E-state index contributed by atoms with van der Waals surface area (Å²) in [6.45, 7) is 6.82. The predicted molar refractivity (Wildman–Crippen MR) is 78.2 cm³/mol. The average molecular weight is 319 g/mol. The van der Waals surface area contributed by atoms with E-state index in [-0.39, 0.29) is 11.4 Å². The summed E-state index contributed by atoms with van der Waals surface area (Å²) in [6.07, 6.45) is -0.769. The fourth-order valence-electron chi connectivity index (χ4n) is 1.31. The molecule has 0 unspecified atom stereocenters. The molecule has 1 rings (SSSR count). The maximum Gasteiger partial charge on any atom is 0.316 e. The van der Waals surface area contributed by atoms with Gasteiger partial charge in [0.2, 0.25) is 0 Å². The Kier molecular flexibility index (Phi) is 5.55. The lowest BCUT2D eigenvalue weighted by Gasteiger charge is -2.19. The standard InChI is InChI=1S/C12H17NO5S2/c1-7(14)9-5-8(13(16)17)11(20-9)19-6-10(15)18-12(2,3)4/h5,7,14H,6H2,1-4H3/t7-/m1/s1. The number of aliphatic hydroxyl groups excluding tert-OH is 1. The third-order valence-corrected chi connectivity index (χ3v) is 4.59. The van der Waals surface area contributed by atoms with Crippen molar-refractivity contribution in [1.82, 2.24) is 0 Å². The fourth-order valence-corrected chi connectivity index (χ4v) is 3.40. The summed E-state index contributed by atoms with van der Waals surface area (Å²) in [5, 5.41) is 20.4. The first-order valence-corrected chi connectivity index (χ1v) is 7.71. The van der Waals surface area contributed by atoms with Gasteiger partial charge >= 0.3 is 5.97 Å². The molecule has 6 nitrogen and oxygen atoms in total. The van der Waals surface area contributed by atoms with Crippen LogP contribution in [0.15, 0.2) is 10.3 Å². The average Bonchev–Trinajstić information content (AvgIpc) is 2.68. The van der Waals surface area contributed by atoms with Gasteiger partial charge in [-0.15, -0.1) is 11.3 Å². The summed E-state index contributed by atoms with van der Waals surface area (Å²) in [5.41, 5.74) is -0.663. The lowest BCUT2D eigenvalue weighted by atomic mass is 10.2. The number of hydrogen-bond acceptors (Lipinski definition) is 7. The Morgan fingerprint density at radius 2 is 2.20 bits per heavy atom. The maximum atomic E-state index is 11.6. The zero-order valence-corrected chi connectivity index (χ0v) is 13.3. The smallest absolute Gasteiger partial charge is 0.316 e. The van der Waals surface area contributed by atoms with Gasteiger partial charge in [0.15, 0.2) is 0 Å². The van der Waals surface area contributed by atoms with Crippen molar-refractivity contribution in [3.63, 3.8) is 0 Å². The lowest BCUT2D eigenvalue weighted by Crippen LogP contribution is -2.24. The van der Waals surface area contributed by atoms with Crippen molar-refractivity contribution in [2.24, 2.45) is 0 Å². The number of hydrogen-bond donors (Lipinski definition) is 1. The molecule has 8 heteroatoms. The van der Waals surface area contributed by atoms with Crippen molar-refractivity contribution >= 4 is 34.8 Å². The summed E-state index contributed by atoms with van der Waals surface area (Å²) in [4.78, 5) is 22.5. The second-order valence-corrected chi connectivity index (χ2v) is 7.46. The zero-order valence-electron chi connectivity index (χ0n) is 11.7. The number of nitro groups is 1. The van der Waals surface area contributed by atoms with Gasteiger partial charge in [-0.25, -0.2) is 0 Å². The molecule has 0 saturated heterocycles. The molecule has 1 aromatic rings. The highest BCUT2D eigenvalue weighted by Gasteiger charge is 2.23. The van der Waals surface area contributed by atoms with Crippen molar-refractivity contribution in [3.05, 3.63) is 21.1 Å². The third-order valence-electron chi connectivity index (χ3n) is 2.05. The molecular formula is C12H17NO5S2. The predicted octanol–water partition coefficient (Wildman–Crippen LogP) is 3.14. The van der Waals surface area contributed by atoms with E-state index >= 15 is 0 Å². The number of thioether (sulfide) groups is 1. The van der Waals surface area contributed by atoms with Gasteiger partial charge in [0.1, 0.15) is 9.81 Å². The minimum atomic E-state index is -0.769. The second kappa shape index (κ2) is 6.55. The van der Waals surface area contributed by atoms with Crippen molar-refractivity contribution in [2.75, 3.05) is 5.75 Å². The van der Waals surface area contributed by atoms with Crippen LogP contribution in [0, 0.1) is 10.1 Å². The molecule has 0 saturated carbocycles. The molecular weight excluding hydrogens is 302 g/mol. The van der Waals surface area contributed by atoms with Gasteiger partial charge in [0, 0.05) is 10.9 Å². The van der Waals surface area contributed by atoms with Crippen LogP contribution in [0.1, 0.15) is 38.7 Å². The highest BCUT2D eigenvalue weighted by Crippen LogP contribution is 2.39. The highest BCUT2D eigenvalue weighted by atomic mass is 32.2. The number of aliphatic hydroxyl groups is 1. The molecule has 0 aliphatic rings. The molecule has 0 fully saturated rings. The number of nitrogens with zero attached hydrogens (tertiary/aromatic N) is 1. The van der Waals surface area contributed by atoms with Crippen LogP contribution in [0.4, 0.5) is 5.69 Å². The molecule has 1 aromatic heterocycles. The van der Waals surface area contributed by atoms with E-state index < -0.39 is 22.6 Å². The minimum Gasteiger partial charge on any atom is -0.459 e. The van der Waals surface area contributed by atoms with Crippen LogP contribution in [0.25, 0.3) is 0 Å². The third kappa shape index (κ3) is 5.10. The van der Waals surface area contributed by atoms with E-state index in [9.17, 15) is 20.0 Å². The molecule has 0 bridgehead atoms. The van der Waals surface area contributed by atoms with Crippen LogP contribution in [0.3, 0.4) is 0 Å². The molecule has 0 spiro atoms. The minimum absolute atomic E-state index is 0.00211. The number of ether oxygens (including phenoxy) is 1. The van der Waals surface area contributed by atoms with Gasteiger partial charge in [-0.3, -0.25) is 14.9 Å². The molecule has 0 radical (unpaired) electrons. The molecule has 112 valence electrons. The Bertz CT molecular complexity index is 504. The van der Waals surface area contributed by atoms with Crippen LogP contribution in [0.2, 0.25) is 0 Å². The summed E-state index contributed by atoms with van der Waals surface area (Å²) >= 11 is 2.17. The molecule has 1 N–H and O–H groups in total. The van der Waals surface area contributed by atoms with Crippen LogP contribution in [-0.2, 0) is 9.53 Å². The number of carbonyl (C=O) groups excluding carboxylic acids is 1. The maximum absolute atomic E-state index is 11.6. The molecule has 0 aliphatic heterocycles. The highest BCUT2D eigenvalue weighted by molar-refractivity contribution is 8.01. The molecule has 0 aliphatic carbocycles. The van der Waals surface area contributed by atoms with Gasteiger partial charge in [-0.1, -0.05) is 11.8 Å². The van der Waals surface area contributed by atoms with E-state index in [1.807, 2.05) is 0 Å². The van der Waals surface area contributed by atoms with E-state index in [1.165, 1.54) is 13.0 Å². The largest absolute Gasteiger partial charge is 0.459 e. The van der Waals surface area contributed by atoms with Gasteiger partial charge < -0.3 is 9.84 Å². The fraction of sp³-hybridized carbons (Fsp3) is 0.583. The van der Waals surface area contributed by atoms with E-state index in [0.717, 1.165) is 23.1 Å². The summed E-state index contributed by atoms with van der Waals surface area (Å²) in [7, 11) is 0. The van der Waals surface area contributed by atoms with Gasteiger partial charge in [0.05, 0.1) is 16.8 Å². The molecule has 1 atom stereocenters. The van der Waals surface area contributed by atoms with E-state index in [1.54, 1.807) is 20.8 Å². The zero-order chi connectivity index (χ0) is 15.5. The molecule has 20 heavy (non-hydrogen) atoms.